The van der Waals surface area contributed by atoms with E-state index in [0.717, 1.165) is 28.6 Å². The maximum Gasteiger partial charge on any atom is 0.416 e. The van der Waals surface area contributed by atoms with Crippen LogP contribution in [0.25, 0.3) is 22.0 Å². The average Bonchev–Trinajstić information content (AvgIpc) is 3.13. The number of nitrogens with zero attached hydrogens (tertiary/aromatic N) is 1. The Balaban J connectivity index is 1.61. The second-order valence-corrected chi connectivity index (χ2v) is 7.19. The van der Waals surface area contributed by atoms with Gasteiger partial charge >= 0.3 is 6.18 Å². The molecule has 1 amide bonds. The number of amides is 1. The predicted octanol–water partition coefficient (Wildman–Crippen LogP) is 6.27. The van der Waals surface area contributed by atoms with Crippen LogP contribution in [0.2, 0.25) is 5.02 Å². The van der Waals surface area contributed by atoms with Crippen molar-refractivity contribution in [2.75, 3.05) is 0 Å². The topological polar surface area (TPSA) is 57.2 Å². The maximum absolute atomic E-state index is 12.8. The summed E-state index contributed by atoms with van der Waals surface area (Å²) in [4.78, 5) is 15.9. The third-order valence-electron chi connectivity index (χ3n) is 4.67. The zero-order valence-electron chi connectivity index (χ0n) is 15.9. The number of aromatic amines is 1. The molecular formula is C23H15ClF3N3O. The summed E-state index contributed by atoms with van der Waals surface area (Å²) < 4.78 is 38.0. The summed E-state index contributed by atoms with van der Waals surface area (Å²) in [6.45, 7) is 0. The first-order valence-corrected chi connectivity index (χ1v) is 9.58. The van der Waals surface area contributed by atoms with Crippen molar-refractivity contribution in [1.82, 2.24) is 10.4 Å². The van der Waals surface area contributed by atoms with Crippen molar-refractivity contribution < 1.29 is 18.0 Å². The molecule has 8 heteroatoms. The van der Waals surface area contributed by atoms with Crippen molar-refractivity contribution in [3.05, 3.63) is 94.6 Å². The van der Waals surface area contributed by atoms with Crippen LogP contribution in [0, 0.1) is 0 Å². The molecule has 0 atom stereocenters. The molecular weight excluding hydrogens is 427 g/mol. The van der Waals surface area contributed by atoms with Gasteiger partial charge in [0.05, 0.1) is 11.8 Å². The molecule has 4 nitrogen and oxygen atoms in total. The molecule has 0 saturated heterocycles. The van der Waals surface area contributed by atoms with Gasteiger partial charge in [0.2, 0.25) is 0 Å². The molecule has 4 rings (SSSR count). The minimum absolute atomic E-state index is 0.299. The van der Waals surface area contributed by atoms with E-state index in [-0.39, 0.29) is 0 Å². The zero-order chi connectivity index (χ0) is 22.0. The highest BCUT2D eigenvalue weighted by Crippen LogP contribution is 2.34. The van der Waals surface area contributed by atoms with E-state index in [9.17, 15) is 18.0 Å². The summed E-state index contributed by atoms with van der Waals surface area (Å²) in [6.07, 6.45) is -3.13. The highest BCUT2D eigenvalue weighted by molar-refractivity contribution is 6.31. The number of carbonyl (C=O) groups excluding carboxylic acids is 1. The fraction of sp³-hybridized carbons (Fsp3) is 0.0435. The van der Waals surface area contributed by atoms with Crippen molar-refractivity contribution in [2.24, 2.45) is 5.10 Å². The van der Waals surface area contributed by atoms with E-state index in [1.54, 1.807) is 18.2 Å². The van der Waals surface area contributed by atoms with E-state index in [1.807, 2.05) is 30.3 Å². The Morgan fingerprint density at radius 2 is 1.71 bits per heavy atom. The minimum atomic E-state index is -4.41. The lowest BCUT2D eigenvalue weighted by molar-refractivity contribution is -0.137. The Kier molecular flexibility index (Phi) is 5.52. The number of hydrazone groups is 1. The highest BCUT2D eigenvalue weighted by atomic mass is 35.5. The van der Waals surface area contributed by atoms with Crippen molar-refractivity contribution >= 4 is 34.6 Å². The van der Waals surface area contributed by atoms with Gasteiger partial charge in [-0.15, -0.1) is 0 Å². The predicted molar refractivity (Wildman–Crippen MR) is 115 cm³/mol. The highest BCUT2D eigenvalue weighted by Gasteiger charge is 2.29. The Labute approximate surface area is 180 Å². The number of rotatable bonds is 4. The first-order valence-electron chi connectivity index (χ1n) is 9.20. The molecule has 4 aromatic rings. The first kappa shape index (κ1) is 20.7. The van der Waals surface area contributed by atoms with Crippen molar-refractivity contribution in [3.63, 3.8) is 0 Å². The van der Waals surface area contributed by atoms with Crippen LogP contribution in [0.4, 0.5) is 13.2 Å². The van der Waals surface area contributed by atoms with E-state index >= 15 is 0 Å². The lowest BCUT2D eigenvalue weighted by Gasteiger charge is -2.06. The second kappa shape index (κ2) is 8.28. The Hall–Kier alpha value is -3.58. The molecule has 0 aliphatic heterocycles. The SMILES string of the molecule is O=C(N/N=C/c1ccc(C(F)(F)F)cc1)c1[nH]c2ccc(Cl)cc2c1-c1ccccc1. The number of halogens is 4. The number of fused-ring (bicyclic) bond motifs is 1. The third kappa shape index (κ3) is 4.46. The fourth-order valence-electron chi connectivity index (χ4n) is 3.22. The molecule has 0 spiro atoms. The van der Waals surface area contributed by atoms with Gasteiger partial charge in [-0.25, -0.2) is 5.43 Å². The largest absolute Gasteiger partial charge is 0.416 e. The Morgan fingerprint density at radius 1 is 1.00 bits per heavy atom. The number of H-pyrrole nitrogens is 1. The zero-order valence-corrected chi connectivity index (χ0v) is 16.6. The summed E-state index contributed by atoms with van der Waals surface area (Å²) in [5.74, 6) is -0.491. The van der Waals surface area contributed by atoms with Crippen LogP contribution in [-0.4, -0.2) is 17.1 Å². The van der Waals surface area contributed by atoms with E-state index in [0.29, 0.717) is 21.8 Å². The van der Waals surface area contributed by atoms with Gasteiger partial charge in [0.15, 0.2) is 0 Å². The van der Waals surface area contributed by atoms with Gasteiger partial charge in [0, 0.05) is 21.5 Å². The van der Waals surface area contributed by atoms with Gasteiger partial charge in [-0.05, 0) is 41.5 Å². The van der Waals surface area contributed by atoms with Gasteiger partial charge in [-0.3, -0.25) is 4.79 Å². The van der Waals surface area contributed by atoms with Crippen LogP contribution in [0.15, 0.2) is 77.9 Å². The lowest BCUT2D eigenvalue weighted by Crippen LogP contribution is -2.18. The molecule has 156 valence electrons. The number of hydrogen-bond acceptors (Lipinski definition) is 2. The molecule has 2 N–H and O–H groups in total. The summed E-state index contributed by atoms with van der Waals surface area (Å²) >= 11 is 6.15. The van der Waals surface area contributed by atoms with Gasteiger partial charge in [0.1, 0.15) is 5.69 Å². The molecule has 3 aromatic carbocycles. The van der Waals surface area contributed by atoms with Crippen LogP contribution in [0.1, 0.15) is 21.6 Å². The van der Waals surface area contributed by atoms with Crippen molar-refractivity contribution in [3.8, 4) is 11.1 Å². The van der Waals surface area contributed by atoms with Gasteiger partial charge in [-0.2, -0.15) is 18.3 Å². The Morgan fingerprint density at radius 3 is 2.39 bits per heavy atom. The molecule has 0 aliphatic rings. The fourth-order valence-corrected chi connectivity index (χ4v) is 3.39. The molecule has 0 unspecified atom stereocenters. The molecule has 1 heterocycles. The van der Waals surface area contributed by atoms with E-state index in [4.69, 9.17) is 11.6 Å². The minimum Gasteiger partial charge on any atom is -0.350 e. The number of nitrogens with one attached hydrogen (secondary N) is 2. The van der Waals surface area contributed by atoms with E-state index in [1.165, 1.54) is 18.3 Å². The van der Waals surface area contributed by atoms with Crippen molar-refractivity contribution in [1.29, 1.82) is 0 Å². The maximum atomic E-state index is 12.8. The molecule has 31 heavy (non-hydrogen) atoms. The van der Waals surface area contributed by atoms with Crippen LogP contribution in [0.5, 0.6) is 0 Å². The second-order valence-electron chi connectivity index (χ2n) is 6.75. The summed E-state index contributed by atoms with van der Waals surface area (Å²) in [5.41, 5.74) is 4.63. The van der Waals surface area contributed by atoms with Crippen LogP contribution in [0.3, 0.4) is 0 Å². The quantitative estimate of drug-likeness (QED) is 0.284. The van der Waals surface area contributed by atoms with Crippen molar-refractivity contribution in [2.45, 2.75) is 6.18 Å². The number of hydrogen-bond donors (Lipinski definition) is 2. The number of carbonyl (C=O) groups is 1. The standard InChI is InChI=1S/C23H15ClF3N3O/c24-17-10-11-19-18(12-17)20(15-4-2-1-3-5-15)21(29-19)22(31)30-28-13-14-6-8-16(9-7-14)23(25,26)27/h1-13,29H,(H,30,31)/b28-13+. The summed E-state index contributed by atoms with van der Waals surface area (Å²) in [7, 11) is 0. The molecule has 0 saturated carbocycles. The number of benzene rings is 3. The van der Waals surface area contributed by atoms with Gasteiger partial charge < -0.3 is 4.98 Å². The smallest absolute Gasteiger partial charge is 0.350 e. The third-order valence-corrected chi connectivity index (χ3v) is 4.90. The molecule has 0 fully saturated rings. The van der Waals surface area contributed by atoms with Gasteiger partial charge in [-0.1, -0.05) is 54.1 Å². The lowest BCUT2D eigenvalue weighted by atomic mass is 10.0. The molecule has 0 bridgehead atoms. The summed E-state index contributed by atoms with van der Waals surface area (Å²) in [6, 6.07) is 19.1. The first-order chi connectivity index (χ1) is 14.8. The summed E-state index contributed by atoms with van der Waals surface area (Å²) in [5, 5.41) is 5.21. The Bertz CT molecular complexity index is 1260. The normalized spacial score (nSPS) is 11.9. The number of aromatic nitrogens is 1. The van der Waals surface area contributed by atoms with Gasteiger partial charge in [0.25, 0.3) is 5.91 Å². The van der Waals surface area contributed by atoms with E-state index in [2.05, 4.69) is 15.5 Å². The molecule has 0 radical (unpaired) electrons. The van der Waals surface area contributed by atoms with Crippen LogP contribution < -0.4 is 5.43 Å². The molecule has 1 aromatic heterocycles. The monoisotopic (exact) mass is 441 g/mol. The number of alkyl halides is 3. The van der Waals surface area contributed by atoms with E-state index < -0.39 is 17.6 Å². The van der Waals surface area contributed by atoms with Crippen LogP contribution >= 0.6 is 11.6 Å². The molecule has 0 aliphatic carbocycles. The van der Waals surface area contributed by atoms with Crippen LogP contribution in [-0.2, 0) is 6.18 Å². The average molecular weight is 442 g/mol.